The number of carbonyl (C=O) groups excluding carboxylic acids is 1. The Morgan fingerprint density at radius 3 is 2.44 bits per heavy atom. The summed E-state index contributed by atoms with van der Waals surface area (Å²) in [6, 6.07) is 0. The van der Waals surface area contributed by atoms with Crippen LogP contribution in [0.1, 0.15) is 19.3 Å². The van der Waals surface area contributed by atoms with Crippen molar-refractivity contribution in [1.29, 1.82) is 0 Å². The Kier molecular flexibility index (Phi) is 4.18. The van der Waals surface area contributed by atoms with Gasteiger partial charge < -0.3 is 14.5 Å². The summed E-state index contributed by atoms with van der Waals surface area (Å²) in [6.07, 6.45) is 2.84. The van der Waals surface area contributed by atoms with Gasteiger partial charge >= 0.3 is 0 Å². The van der Waals surface area contributed by atoms with Crippen LogP contribution >= 0.6 is 0 Å². The minimum Gasteiger partial charge on any atom is -0.381 e. The summed E-state index contributed by atoms with van der Waals surface area (Å²) < 4.78 is 5.31. The van der Waals surface area contributed by atoms with E-state index in [0.717, 1.165) is 58.7 Å². The summed E-state index contributed by atoms with van der Waals surface area (Å²) in [7, 11) is 2.11. The van der Waals surface area contributed by atoms with E-state index in [-0.39, 0.29) is 0 Å². The summed E-state index contributed by atoms with van der Waals surface area (Å²) in [6.45, 7) is 5.50. The van der Waals surface area contributed by atoms with Gasteiger partial charge in [-0.1, -0.05) is 0 Å². The highest BCUT2D eigenvalue weighted by Crippen LogP contribution is 2.19. The Labute approximate surface area is 97.5 Å². The molecule has 2 heterocycles. The molecule has 4 heteroatoms. The molecule has 0 atom stereocenters. The zero-order valence-electron chi connectivity index (χ0n) is 10.2. The quantitative estimate of drug-likeness (QED) is 0.690. The average Bonchev–Trinajstić information content (AvgIpc) is 2.31. The van der Waals surface area contributed by atoms with E-state index in [1.165, 1.54) is 0 Å². The van der Waals surface area contributed by atoms with Gasteiger partial charge in [0.2, 0.25) is 5.91 Å². The second kappa shape index (κ2) is 5.64. The molecule has 92 valence electrons. The summed E-state index contributed by atoms with van der Waals surface area (Å²) in [4.78, 5) is 16.3. The smallest absolute Gasteiger partial charge is 0.222 e. The van der Waals surface area contributed by atoms with Crippen LogP contribution in [0.5, 0.6) is 0 Å². The highest BCUT2D eigenvalue weighted by atomic mass is 16.5. The van der Waals surface area contributed by atoms with Gasteiger partial charge in [-0.25, -0.2) is 0 Å². The minimum atomic E-state index is 0.347. The van der Waals surface area contributed by atoms with Gasteiger partial charge in [0.1, 0.15) is 0 Å². The number of hydrogen-bond acceptors (Lipinski definition) is 3. The van der Waals surface area contributed by atoms with E-state index in [9.17, 15) is 4.79 Å². The van der Waals surface area contributed by atoms with Gasteiger partial charge in [-0.2, -0.15) is 0 Å². The predicted molar refractivity (Wildman–Crippen MR) is 62.2 cm³/mol. The molecule has 4 nitrogen and oxygen atoms in total. The van der Waals surface area contributed by atoms with Crippen molar-refractivity contribution < 1.29 is 9.53 Å². The maximum atomic E-state index is 12.0. The molecular formula is C12H22N2O2. The van der Waals surface area contributed by atoms with Crippen LogP contribution in [0.15, 0.2) is 0 Å². The number of likely N-dealkylation sites (N-methyl/N-ethyl adjacent to an activating group) is 1. The van der Waals surface area contributed by atoms with Crippen LogP contribution in [-0.4, -0.2) is 62.1 Å². The van der Waals surface area contributed by atoms with Gasteiger partial charge in [-0.05, 0) is 25.8 Å². The van der Waals surface area contributed by atoms with Crippen LogP contribution in [0.2, 0.25) is 0 Å². The summed E-state index contributed by atoms with van der Waals surface area (Å²) in [5.74, 6) is 0.904. The summed E-state index contributed by atoms with van der Waals surface area (Å²) in [5, 5.41) is 0. The molecule has 0 radical (unpaired) electrons. The first-order valence-corrected chi connectivity index (χ1v) is 6.30. The number of ether oxygens (including phenoxy) is 1. The molecule has 0 aromatic heterocycles. The third kappa shape index (κ3) is 3.19. The number of hydrogen-bond donors (Lipinski definition) is 0. The van der Waals surface area contributed by atoms with Gasteiger partial charge in [0.15, 0.2) is 0 Å². The van der Waals surface area contributed by atoms with E-state index < -0.39 is 0 Å². The largest absolute Gasteiger partial charge is 0.381 e. The van der Waals surface area contributed by atoms with Crippen LogP contribution in [0.4, 0.5) is 0 Å². The highest BCUT2D eigenvalue weighted by Gasteiger charge is 2.23. The molecule has 1 amide bonds. The molecule has 0 unspecified atom stereocenters. The standard InChI is InChI=1S/C12H22N2O2/c1-13-4-6-14(7-5-13)12(15)10-11-2-8-16-9-3-11/h11H,2-10H2,1H3. The SMILES string of the molecule is CN1CCN(C(=O)CC2CCOCC2)CC1. The van der Waals surface area contributed by atoms with Gasteiger partial charge in [0.25, 0.3) is 0 Å². The lowest BCUT2D eigenvalue weighted by molar-refractivity contribution is -0.134. The zero-order valence-corrected chi connectivity index (χ0v) is 10.2. The zero-order chi connectivity index (χ0) is 11.4. The molecule has 0 spiro atoms. The van der Waals surface area contributed by atoms with Gasteiger partial charge in [-0.3, -0.25) is 4.79 Å². The normalized spacial score (nSPS) is 24.7. The maximum Gasteiger partial charge on any atom is 0.222 e. The molecule has 2 rings (SSSR count). The molecule has 2 aliphatic heterocycles. The fourth-order valence-electron chi connectivity index (χ4n) is 2.38. The van der Waals surface area contributed by atoms with Crippen molar-refractivity contribution in [2.45, 2.75) is 19.3 Å². The topological polar surface area (TPSA) is 32.8 Å². The van der Waals surface area contributed by atoms with E-state index in [1.807, 2.05) is 4.90 Å². The lowest BCUT2D eigenvalue weighted by Gasteiger charge is -2.33. The van der Waals surface area contributed by atoms with Crippen molar-refractivity contribution in [2.24, 2.45) is 5.92 Å². The van der Waals surface area contributed by atoms with Crippen LogP contribution in [0, 0.1) is 5.92 Å². The molecule has 0 saturated carbocycles. The molecule has 0 aromatic rings. The van der Waals surface area contributed by atoms with Gasteiger partial charge in [0.05, 0.1) is 0 Å². The third-order valence-corrected chi connectivity index (χ3v) is 3.66. The summed E-state index contributed by atoms with van der Waals surface area (Å²) in [5.41, 5.74) is 0. The first-order valence-electron chi connectivity index (χ1n) is 6.30. The fourth-order valence-corrected chi connectivity index (χ4v) is 2.38. The van der Waals surface area contributed by atoms with E-state index in [0.29, 0.717) is 11.8 Å². The molecule has 0 N–H and O–H groups in total. The van der Waals surface area contributed by atoms with Crippen LogP contribution < -0.4 is 0 Å². The van der Waals surface area contributed by atoms with Crippen LogP contribution in [-0.2, 0) is 9.53 Å². The lowest BCUT2D eigenvalue weighted by atomic mass is 9.96. The maximum absolute atomic E-state index is 12.0. The van der Waals surface area contributed by atoms with Crippen molar-refractivity contribution in [3.05, 3.63) is 0 Å². The Bertz CT molecular complexity index is 231. The number of nitrogens with zero attached hydrogens (tertiary/aromatic N) is 2. The monoisotopic (exact) mass is 226 g/mol. The number of rotatable bonds is 2. The third-order valence-electron chi connectivity index (χ3n) is 3.66. The minimum absolute atomic E-state index is 0.347. The second-order valence-corrected chi connectivity index (χ2v) is 4.94. The van der Waals surface area contributed by atoms with E-state index in [2.05, 4.69) is 11.9 Å². The highest BCUT2D eigenvalue weighted by molar-refractivity contribution is 5.76. The van der Waals surface area contributed by atoms with Gasteiger partial charge in [-0.15, -0.1) is 0 Å². The van der Waals surface area contributed by atoms with Crippen molar-refractivity contribution in [2.75, 3.05) is 46.4 Å². The molecule has 2 saturated heterocycles. The Morgan fingerprint density at radius 1 is 1.19 bits per heavy atom. The molecule has 2 aliphatic rings. The molecule has 0 aromatic carbocycles. The first-order chi connectivity index (χ1) is 7.75. The number of amides is 1. The molecule has 2 fully saturated rings. The second-order valence-electron chi connectivity index (χ2n) is 4.94. The van der Waals surface area contributed by atoms with Crippen molar-refractivity contribution in [3.63, 3.8) is 0 Å². The molecular weight excluding hydrogens is 204 g/mol. The van der Waals surface area contributed by atoms with Crippen molar-refractivity contribution in [1.82, 2.24) is 9.80 Å². The van der Waals surface area contributed by atoms with Crippen LogP contribution in [0.25, 0.3) is 0 Å². The van der Waals surface area contributed by atoms with Crippen molar-refractivity contribution >= 4 is 5.91 Å². The summed E-state index contributed by atoms with van der Waals surface area (Å²) >= 11 is 0. The van der Waals surface area contributed by atoms with E-state index in [1.54, 1.807) is 0 Å². The number of piperazine rings is 1. The Hall–Kier alpha value is -0.610. The number of carbonyl (C=O) groups is 1. The predicted octanol–water partition coefficient (Wildman–Crippen LogP) is 0.577. The van der Waals surface area contributed by atoms with Gasteiger partial charge in [0, 0.05) is 45.8 Å². The fraction of sp³-hybridized carbons (Fsp3) is 0.917. The van der Waals surface area contributed by atoms with Crippen molar-refractivity contribution in [3.8, 4) is 0 Å². The van der Waals surface area contributed by atoms with E-state index in [4.69, 9.17) is 4.74 Å². The average molecular weight is 226 g/mol. The van der Waals surface area contributed by atoms with Crippen LogP contribution in [0.3, 0.4) is 0 Å². The lowest BCUT2D eigenvalue weighted by Crippen LogP contribution is -2.47. The molecule has 0 aliphatic carbocycles. The molecule has 16 heavy (non-hydrogen) atoms. The Balaban J connectivity index is 1.74. The Morgan fingerprint density at radius 2 is 1.81 bits per heavy atom. The molecule has 0 bridgehead atoms. The first kappa shape index (κ1) is 11.9. The van der Waals surface area contributed by atoms with E-state index >= 15 is 0 Å².